The van der Waals surface area contributed by atoms with Crippen molar-refractivity contribution in [2.24, 2.45) is 11.8 Å². The monoisotopic (exact) mass is 240 g/mol. The zero-order valence-electron chi connectivity index (χ0n) is 10.4. The molecule has 0 aromatic rings. The maximum atomic E-state index is 5.83. The zero-order valence-corrected chi connectivity index (χ0v) is 11.2. The molecule has 0 spiro atoms. The molecule has 0 amide bonds. The number of ether oxygens (including phenoxy) is 1. The summed E-state index contributed by atoms with van der Waals surface area (Å²) >= 11 is 2.33. The van der Waals surface area contributed by atoms with Crippen LogP contribution in [-0.2, 0) is 4.74 Å². The largest absolute Gasteiger partial charge is 0.378 e. The standard InChI is InChI=1S/C14H24OS/c1-2-15-10-7-8-12-11-5-3-4-6-13(11)16-14(12)9-10/h10-14H,2-9H2,1H3. The second-order valence-corrected chi connectivity index (χ2v) is 7.20. The maximum Gasteiger partial charge on any atom is 0.0585 e. The van der Waals surface area contributed by atoms with Crippen LogP contribution in [0.4, 0.5) is 0 Å². The fraction of sp³-hybridized carbons (Fsp3) is 1.00. The molecule has 0 aromatic carbocycles. The van der Waals surface area contributed by atoms with Crippen LogP contribution in [0.15, 0.2) is 0 Å². The Morgan fingerprint density at radius 3 is 2.69 bits per heavy atom. The molecule has 5 unspecified atom stereocenters. The van der Waals surface area contributed by atoms with E-state index in [4.69, 9.17) is 4.74 Å². The van der Waals surface area contributed by atoms with Gasteiger partial charge in [-0.25, -0.2) is 0 Å². The van der Waals surface area contributed by atoms with Gasteiger partial charge in [0.1, 0.15) is 0 Å². The second-order valence-electron chi connectivity index (χ2n) is 5.72. The Morgan fingerprint density at radius 2 is 1.81 bits per heavy atom. The molecule has 16 heavy (non-hydrogen) atoms. The van der Waals surface area contributed by atoms with Crippen molar-refractivity contribution in [2.75, 3.05) is 6.61 Å². The Labute approximate surface area is 104 Å². The molecule has 1 aliphatic heterocycles. The molecule has 3 aliphatic rings. The molecule has 2 heteroatoms. The lowest BCUT2D eigenvalue weighted by Crippen LogP contribution is -2.32. The van der Waals surface area contributed by atoms with E-state index in [-0.39, 0.29) is 0 Å². The van der Waals surface area contributed by atoms with Gasteiger partial charge in [0.2, 0.25) is 0 Å². The highest BCUT2D eigenvalue weighted by atomic mass is 32.2. The normalized spacial score (nSPS) is 47.4. The van der Waals surface area contributed by atoms with Crippen molar-refractivity contribution in [3.8, 4) is 0 Å². The van der Waals surface area contributed by atoms with Crippen LogP contribution in [0.1, 0.15) is 51.9 Å². The van der Waals surface area contributed by atoms with Crippen molar-refractivity contribution in [2.45, 2.75) is 68.5 Å². The minimum absolute atomic E-state index is 0.582. The first-order valence-electron chi connectivity index (χ1n) is 7.15. The van der Waals surface area contributed by atoms with Gasteiger partial charge >= 0.3 is 0 Å². The van der Waals surface area contributed by atoms with Crippen molar-refractivity contribution in [3.63, 3.8) is 0 Å². The Hall–Kier alpha value is 0.310. The Bertz CT molecular complexity index is 243. The minimum Gasteiger partial charge on any atom is -0.378 e. The average molecular weight is 240 g/mol. The van der Waals surface area contributed by atoms with E-state index in [1.54, 1.807) is 0 Å². The third kappa shape index (κ3) is 2.03. The summed E-state index contributed by atoms with van der Waals surface area (Å²) < 4.78 is 5.83. The first-order chi connectivity index (χ1) is 7.88. The van der Waals surface area contributed by atoms with E-state index in [0.717, 1.165) is 28.9 Å². The lowest BCUT2D eigenvalue weighted by Gasteiger charge is -2.34. The SMILES string of the molecule is CCOC1CCC2C(C1)SC1CCCCC12. The molecular formula is C14H24OS. The summed E-state index contributed by atoms with van der Waals surface area (Å²) in [5.41, 5.74) is 0. The highest BCUT2D eigenvalue weighted by Crippen LogP contribution is 2.54. The average Bonchev–Trinajstić information content (AvgIpc) is 2.67. The van der Waals surface area contributed by atoms with Crippen LogP contribution < -0.4 is 0 Å². The number of hydrogen-bond donors (Lipinski definition) is 0. The van der Waals surface area contributed by atoms with Crippen molar-refractivity contribution >= 4 is 11.8 Å². The molecule has 0 aromatic heterocycles. The van der Waals surface area contributed by atoms with Gasteiger partial charge in [-0.15, -0.1) is 0 Å². The molecule has 0 radical (unpaired) electrons. The summed E-state index contributed by atoms with van der Waals surface area (Å²) in [7, 11) is 0. The zero-order chi connectivity index (χ0) is 11.0. The van der Waals surface area contributed by atoms with E-state index in [2.05, 4.69) is 18.7 Å². The van der Waals surface area contributed by atoms with E-state index < -0.39 is 0 Å². The molecule has 3 fully saturated rings. The van der Waals surface area contributed by atoms with Crippen molar-refractivity contribution in [3.05, 3.63) is 0 Å². The van der Waals surface area contributed by atoms with Crippen LogP contribution in [0.3, 0.4) is 0 Å². The topological polar surface area (TPSA) is 9.23 Å². The highest BCUT2D eigenvalue weighted by molar-refractivity contribution is 8.00. The summed E-state index contributed by atoms with van der Waals surface area (Å²) in [6.45, 7) is 3.03. The third-order valence-corrected chi connectivity index (χ3v) is 6.68. The number of thioether (sulfide) groups is 1. The Balaban J connectivity index is 1.64. The molecule has 1 saturated heterocycles. The van der Waals surface area contributed by atoms with Crippen LogP contribution in [0, 0.1) is 11.8 Å². The molecule has 2 aliphatic carbocycles. The molecule has 92 valence electrons. The van der Waals surface area contributed by atoms with Gasteiger partial charge in [0.05, 0.1) is 6.10 Å². The van der Waals surface area contributed by atoms with Crippen LogP contribution in [0.5, 0.6) is 0 Å². The third-order valence-electron chi connectivity index (χ3n) is 4.85. The lowest BCUT2D eigenvalue weighted by molar-refractivity contribution is 0.0221. The van der Waals surface area contributed by atoms with E-state index in [1.807, 2.05) is 0 Å². The predicted molar refractivity (Wildman–Crippen MR) is 69.9 cm³/mol. The van der Waals surface area contributed by atoms with Gasteiger partial charge in [-0.1, -0.05) is 12.8 Å². The van der Waals surface area contributed by atoms with Crippen molar-refractivity contribution in [1.29, 1.82) is 0 Å². The highest BCUT2D eigenvalue weighted by Gasteiger charge is 2.46. The van der Waals surface area contributed by atoms with E-state index in [0.29, 0.717) is 6.10 Å². The van der Waals surface area contributed by atoms with Gasteiger partial charge < -0.3 is 4.74 Å². The van der Waals surface area contributed by atoms with E-state index in [9.17, 15) is 0 Å². The fourth-order valence-electron chi connectivity index (χ4n) is 4.16. The van der Waals surface area contributed by atoms with Gasteiger partial charge in [-0.3, -0.25) is 0 Å². The van der Waals surface area contributed by atoms with Crippen LogP contribution in [-0.4, -0.2) is 23.2 Å². The molecule has 0 bridgehead atoms. The van der Waals surface area contributed by atoms with Gasteiger partial charge in [-0.05, 0) is 50.9 Å². The molecule has 5 atom stereocenters. The first kappa shape index (κ1) is 11.4. The summed E-state index contributed by atoms with van der Waals surface area (Å²) in [6, 6.07) is 0. The smallest absolute Gasteiger partial charge is 0.0585 e. The van der Waals surface area contributed by atoms with Crippen LogP contribution >= 0.6 is 11.8 Å². The minimum atomic E-state index is 0.582. The molecular weight excluding hydrogens is 216 g/mol. The molecule has 1 heterocycles. The quantitative estimate of drug-likeness (QED) is 0.724. The van der Waals surface area contributed by atoms with Gasteiger partial charge in [0, 0.05) is 17.1 Å². The van der Waals surface area contributed by atoms with Gasteiger partial charge in [0.15, 0.2) is 0 Å². The number of hydrogen-bond acceptors (Lipinski definition) is 2. The van der Waals surface area contributed by atoms with Crippen LogP contribution in [0.25, 0.3) is 0 Å². The Kier molecular flexibility index (Phi) is 3.49. The first-order valence-corrected chi connectivity index (χ1v) is 8.10. The summed E-state index contributed by atoms with van der Waals surface area (Å²) in [6.07, 6.45) is 10.7. The predicted octanol–water partition coefficient (Wildman–Crippen LogP) is 3.87. The Morgan fingerprint density at radius 1 is 1.00 bits per heavy atom. The van der Waals surface area contributed by atoms with Crippen LogP contribution in [0.2, 0.25) is 0 Å². The molecule has 0 N–H and O–H groups in total. The fourth-order valence-corrected chi connectivity index (χ4v) is 6.32. The number of fused-ring (bicyclic) bond motifs is 3. The molecule has 2 saturated carbocycles. The lowest BCUT2D eigenvalue weighted by atomic mass is 9.73. The summed E-state index contributed by atoms with van der Waals surface area (Å²) in [5.74, 6) is 2.12. The molecule has 3 rings (SSSR count). The van der Waals surface area contributed by atoms with Crippen molar-refractivity contribution < 1.29 is 4.74 Å². The maximum absolute atomic E-state index is 5.83. The van der Waals surface area contributed by atoms with Gasteiger partial charge in [0.25, 0.3) is 0 Å². The van der Waals surface area contributed by atoms with Crippen molar-refractivity contribution in [1.82, 2.24) is 0 Å². The van der Waals surface area contributed by atoms with E-state index >= 15 is 0 Å². The van der Waals surface area contributed by atoms with Gasteiger partial charge in [-0.2, -0.15) is 11.8 Å². The van der Waals surface area contributed by atoms with E-state index in [1.165, 1.54) is 44.9 Å². The molecule has 1 nitrogen and oxygen atoms in total. The summed E-state index contributed by atoms with van der Waals surface area (Å²) in [4.78, 5) is 0. The second kappa shape index (κ2) is 4.89. The summed E-state index contributed by atoms with van der Waals surface area (Å²) in [5, 5.41) is 1.96. The number of rotatable bonds is 2.